The average Bonchev–Trinajstić information content (AvgIpc) is 2.73. The Bertz CT molecular complexity index is 727. The van der Waals surface area contributed by atoms with Gasteiger partial charge in [0.15, 0.2) is 14.9 Å². The van der Waals surface area contributed by atoms with Crippen LogP contribution in [0.2, 0.25) is 5.02 Å². The molecule has 0 unspecified atom stereocenters. The van der Waals surface area contributed by atoms with Gasteiger partial charge in [0.2, 0.25) is 0 Å². The number of nitrogens with one attached hydrogen (secondary N) is 1. The molecule has 5 nitrogen and oxygen atoms in total. The van der Waals surface area contributed by atoms with E-state index in [1.54, 1.807) is 24.3 Å². The number of rotatable bonds is 2. The van der Waals surface area contributed by atoms with Crippen LogP contribution >= 0.6 is 11.6 Å². The van der Waals surface area contributed by atoms with Gasteiger partial charge in [0.25, 0.3) is 0 Å². The van der Waals surface area contributed by atoms with Crippen molar-refractivity contribution in [3.8, 4) is 17.3 Å². The maximum Gasteiger partial charge on any atom is 0.193 e. The Balaban J connectivity index is 2.64. The molecule has 1 aromatic carbocycles. The van der Waals surface area contributed by atoms with Gasteiger partial charge in [-0.1, -0.05) is 23.7 Å². The zero-order chi connectivity index (χ0) is 13.3. The van der Waals surface area contributed by atoms with Gasteiger partial charge in [-0.3, -0.25) is 5.10 Å². The van der Waals surface area contributed by atoms with Crippen LogP contribution in [-0.2, 0) is 9.84 Å². The lowest BCUT2D eigenvalue weighted by Crippen LogP contribution is -1.99. The van der Waals surface area contributed by atoms with Crippen LogP contribution in [0.25, 0.3) is 11.3 Å². The zero-order valence-corrected chi connectivity index (χ0v) is 10.9. The van der Waals surface area contributed by atoms with Crippen molar-refractivity contribution < 1.29 is 8.42 Å². The Hall–Kier alpha value is -1.84. The molecule has 2 rings (SSSR count). The van der Waals surface area contributed by atoms with E-state index in [1.807, 2.05) is 6.07 Å². The SMILES string of the molecule is CS(=O)(=O)c1[nH]nc(-c2ccc(Cl)cc2)c1C#N. The fourth-order valence-corrected chi connectivity index (χ4v) is 2.37. The predicted octanol–water partition coefficient (Wildman–Crippen LogP) is 2.01. The van der Waals surface area contributed by atoms with Gasteiger partial charge < -0.3 is 0 Å². The van der Waals surface area contributed by atoms with Crippen molar-refractivity contribution in [3.63, 3.8) is 0 Å². The number of benzene rings is 1. The molecule has 0 saturated heterocycles. The standard InChI is InChI=1S/C11H8ClN3O2S/c1-18(16,17)11-9(6-13)10(14-15-11)7-2-4-8(12)5-3-7/h2-5H,1H3,(H,14,15). The second-order valence-electron chi connectivity index (χ2n) is 3.67. The molecule has 0 fully saturated rings. The molecule has 1 N–H and O–H groups in total. The summed E-state index contributed by atoms with van der Waals surface area (Å²) >= 11 is 5.76. The third-order valence-corrected chi connectivity index (χ3v) is 3.62. The number of hydrogen-bond donors (Lipinski definition) is 1. The largest absolute Gasteiger partial charge is 0.266 e. The summed E-state index contributed by atoms with van der Waals surface area (Å²) in [4.78, 5) is 0. The van der Waals surface area contributed by atoms with Crippen molar-refractivity contribution in [1.82, 2.24) is 10.2 Å². The maximum atomic E-state index is 11.5. The molecule has 0 amide bonds. The van der Waals surface area contributed by atoms with Crippen LogP contribution in [0.4, 0.5) is 0 Å². The molecule has 1 aromatic heterocycles. The predicted molar refractivity (Wildman–Crippen MR) is 66.9 cm³/mol. The van der Waals surface area contributed by atoms with Gasteiger partial charge >= 0.3 is 0 Å². The lowest BCUT2D eigenvalue weighted by molar-refractivity contribution is 0.597. The first-order valence-corrected chi connectivity index (χ1v) is 7.15. The maximum absolute atomic E-state index is 11.5. The molecule has 0 saturated carbocycles. The number of hydrogen-bond acceptors (Lipinski definition) is 4. The van der Waals surface area contributed by atoms with E-state index < -0.39 is 9.84 Å². The molecule has 18 heavy (non-hydrogen) atoms. The van der Waals surface area contributed by atoms with E-state index in [9.17, 15) is 8.42 Å². The molecule has 2 aromatic rings. The van der Waals surface area contributed by atoms with Crippen LogP contribution in [-0.4, -0.2) is 24.9 Å². The summed E-state index contributed by atoms with van der Waals surface area (Å²) in [5.74, 6) is 0. The molecular formula is C11H8ClN3O2S. The van der Waals surface area contributed by atoms with E-state index >= 15 is 0 Å². The summed E-state index contributed by atoms with van der Waals surface area (Å²) in [6.07, 6.45) is 1.02. The van der Waals surface area contributed by atoms with Crippen molar-refractivity contribution in [2.24, 2.45) is 0 Å². The average molecular weight is 282 g/mol. The number of aromatic nitrogens is 2. The van der Waals surface area contributed by atoms with Gasteiger partial charge in [0.1, 0.15) is 17.3 Å². The Kier molecular flexibility index (Phi) is 3.11. The molecule has 0 spiro atoms. The molecule has 92 valence electrons. The summed E-state index contributed by atoms with van der Waals surface area (Å²) in [6, 6.07) is 8.49. The van der Waals surface area contributed by atoms with Crippen LogP contribution in [0.5, 0.6) is 0 Å². The second kappa shape index (κ2) is 4.44. The summed E-state index contributed by atoms with van der Waals surface area (Å²) in [6.45, 7) is 0. The van der Waals surface area contributed by atoms with E-state index in [-0.39, 0.29) is 10.6 Å². The first kappa shape index (κ1) is 12.6. The van der Waals surface area contributed by atoms with Crippen LogP contribution in [0.1, 0.15) is 5.56 Å². The Morgan fingerprint density at radius 1 is 1.33 bits per heavy atom. The molecule has 0 atom stereocenters. The number of H-pyrrole nitrogens is 1. The Morgan fingerprint density at radius 2 is 1.94 bits per heavy atom. The van der Waals surface area contributed by atoms with Crippen LogP contribution in [0.15, 0.2) is 29.3 Å². The first-order valence-electron chi connectivity index (χ1n) is 4.88. The first-order chi connectivity index (χ1) is 8.43. The molecule has 0 aliphatic rings. The zero-order valence-electron chi connectivity index (χ0n) is 9.31. The van der Waals surface area contributed by atoms with Gasteiger partial charge in [0.05, 0.1) is 0 Å². The van der Waals surface area contributed by atoms with E-state index in [2.05, 4.69) is 10.2 Å². The minimum Gasteiger partial charge on any atom is -0.266 e. The van der Waals surface area contributed by atoms with Gasteiger partial charge in [-0.15, -0.1) is 0 Å². The summed E-state index contributed by atoms with van der Waals surface area (Å²) in [5.41, 5.74) is 0.941. The minimum atomic E-state index is -3.51. The Labute approximate surface area is 109 Å². The molecular weight excluding hydrogens is 274 g/mol. The molecule has 0 aliphatic heterocycles. The normalized spacial score (nSPS) is 11.2. The van der Waals surface area contributed by atoms with Gasteiger partial charge in [-0.25, -0.2) is 8.42 Å². The van der Waals surface area contributed by atoms with E-state index in [1.165, 1.54) is 0 Å². The van der Waals surface area contributed by atoms with Crippen LogP contribution in [0.3, 0.4) is 0 Å². The van der Waals surface area contributed by atoms with Crippen LogP contribution in [0, 0.1) is 11.3 Å². The Morgan fingerprint density at radius 3 is 2.44 bits per heavy atom. The van der Waals surface area contributed by atoms with Crippen molar-refractivity contribution in [2.45, 2.75) is 5.03 Å². The van der Waals surface area contributed by atoms with Gasteiger partial charge in [-0.2, -0.15) is 10.4 Å². The molecule has 1 heterocycles. The fourth-order valence-electron chi connectivity index (χ4n) is 1.51. The van der Waals surface area contributed by atoms with Crippen molar-refractivity contribution in [1.29, 1.82) is 5.26 Å². The lowest BCUT2D eigenvalue weighted by Gasteiger charge is -1.98. The molecule has 0 radical (unpaired) electrons. The van der Waals surface area contributed by atoms with Gasteiger partial charge in [-0.05, 0) is 12.1 Å². The topological polar surface area (TPSA) is 86.6 Å². The monoisotopic (exact) mass is 281 g/mol. The lowest BCUT2D eigenvalue weighted by atomic mass is 10.1. The summed E-state index contributed by atoms with van der Waals surface area (Å²) in [5, 5.41) is 15.7. The minimum absolute atomic E-state index is 0.0137. The number of nitrogens with zero attached hydrogens (tertiary/aromatic N) is 2. The smallest absolute Gasteiger partial charge is 0.193 e. The van der Waals surface area contributed by atoms with Crippen molar-refractivity contribution >= 4 is 21.4 Å². The van der Waals surface area contributed by atoms with E-state index in [4.69, 9.17) is 16.9 Å². The fraction of sp³-hybridized carbons (Fsp3) is 0.0909. The quantitative estimate of drug-likeness (QED) is 0.912. The summed E-state index contributed by atoms with van der Waals surface area (Å²) in [7, 11) is -3.51. The van der Waals surface area contributed by atoms with Crippen LogP contribution < -0.4 is 0 Å². The molecule has 7 heteroatoms. The number of nitriles is 1. The van der Waals surface area contributed by atoms with E-state index in [0.29, 0.717) is 16.3 Å². The third kappa shape index (κ3) is 2.23. The number of aromatic amines is 1. The van der Waals surface area contributed by atoms with E-state index in [0.717, 1.165) is 6.26 Å². The third-order valence-electron chi connectivity index (χ3n) is 2.33. The highest BCUT2D eigenvalue weighted by atomic mass is 35.5. The molecule has 0 aliphatic carbocycles. The highest BCUT2D eigenvalue weighted by Crippen LogP contribution is 2.26. The second-order valence-corrected chi connectivity index (χ2v) is 6.06. The highest BCUT2D eigenvalue weighted by molar-refractivity contribution is 7.90. The van der Waals surface area contributed by atoms with Crippen molar-refractivity contribution in [3.05, 3.63) is 34.9 Å². The number of halogens is 1. The molecule has 0 bridgehead atoms. The van der Waals surface area contributed by atoms with Gasteiger partial charge in [0, 0.05) is 16.8 Å². The van der Waals surface area contributed by atoms with Crippen molar-refractivity contribution in [2.75, 3.05) is 6.26 Å². The highest BCUT2D eigenvalue weighted by Gasteiger charge is 2.21. The number of sulfone groups is 1. The summed E-state index contributed by atoms with van der Waals surface area (Å²) < 4.78 is 22.9.